The fourth-order valence-electron chi connectivity index (χ4n) is 4.78. The van der Waals surface area contributed by atoms with Crippen LogP contribution in [-0.2, 0) is 14.8 Å². The van der Waals surface area contributed by atoms with E-state index in [-0.39, 0.29) is 40.8 Å². The molecule has 11 heteroatoms. The van der Waals surface area contributed by atoms with Crippen molar-refractivity contribution in [2.45, 2.75) is 31.0 Å². The molecule has 0 radical (unpaired) electrons. The molecule has 0 spiro atoms. The summed E-state index contributed by atoms with van der Waals surface area (Å²) in [5.41, 5.74) is 1.09. The average molecular weight is 550 g/mol. The molecule has 3 aromatic rings. The van der Waals surface area contributed by atoms with E-state index in [1.165, 1.54) is 22.5 Å². The normalized spacial score (nSPS) is 18.5. The molecule has 7 nitrogen and oxygen atoms in total. The van der Waals surface area contributed by atoms with Crippen LogP contribution in [0.1, 0.15) is 12.0 Å². The minimum absolute atomic E-state index is 0.0304. The smallest absolute Gasteiger partial charge is 0.387 e. The van der Waals surface area contributed by atoms with Gasteiger partial charge < -0.3 is 19.3 Å². The molecule has 5 rings (SSSR count). The van der Waals surface area contributed by atoms with E-state index in [0.717, 1.165) is 17.7 Å². The van der Waals surface area contributed by atoms with Crippen molar-refractivity contribution in [1.29, 1.82) is 0 Å². The van der Waals surface area contributed by atoms with E-state index in [4.69, 9.17) is 9.47 Å². The van der Waals surface area contributed by atoms with Crippen LogP contribution in [-0.4, -0.2) is 52.6 Å². The highest BCUT2D eigenvalue weighted by atomic mass is 32.2. The number of alkyl halides is 2. The van der Waals surface area contributed by atoms with Crippen LogP contribution in [0.2, 0.25) is 0 Å². The van der Waals surface area contributed by atoms with Gasteiger partial charge in [-0.3, -0.25) is 4.31 Å². The lowest BCUT2D eigenvalue weighted by atomic mass is 9.81. The van der Waals surface area contributed by atoms with E-state index in [2.05, 4.69) is 4.74 Å². The molecule has 0 aromatic heterocycles. The quantitative estimate of drug-likeness (QED) is 0.436. The van der Waals surface area contributed by atoms with Crippen LogP contribution >= 0.6 is 0 Å². The monoisotopic (exact) mass is 549 g/mol. The second-order valence-corrected chi connectivity index (χ2v) is 11.5. The third-order valence-electron chi connectivity index (χ3n) is 6.71. The number of rotatable bonds is 8. The van der Waals surface area contributed by atoms with Crippen molar-refractivity contribution in [3.8, 4) is 22.6 Å². The van der Waals surface area contributed by atoms with Gasteiger partial charge in [-0.25, -0.2) is 12.8 Å². The SMILES string of the molecule is Cc1cccc(S(=O)(=O)N2C[C@H](CC3(CO)COC3)Oc3ccc(-c4cc(F)cc(OC(F)F)c4)cc32)c1. The van der Waals surface area contributed by atoms with E-state index in [1.807, 2.05) is 0 Å². The molecule has 3 aromatic carbocycles. The average Bonchev–Trinajstić information content (AvgIpc) is 2.84. The Hall–Kier alpha value is -3.28. The maximum Gasteiger partial charge on any atom is 0.387 e. The number of ether oxygens (including phenoxy) is 3. The Morgan fingerprint density at radius 2 is 1.89 bits per heavy atom. The number of aliphatic hydroxyl groups excluding tert-OH is 1. The zero-order valence-corrected chi connectivity index (χ0v) is 21.3. The van der Waals surface area contributed by atoms with Gasteiger partial charge in [-0.1, -0.05) is 18.2 Å². The van der Waals surface area contributed by atoms with Gasteiger partial charge in [0, 0.05) is 11.5 Å². The van der Waals surface area contributed by atoms with Crippen molar-refractivity contribution < 1.29 is 40.9 Å². The lowest BCUT2D eigenvalue weighted by molar-refractivity contribution is -0.151. The molecule has 1 atom stereocenters. The third kappa shape index (κ3) is 5.18. The highest BCUT2D eigenvalue weighted by Crippen LogP contribution is 2.43. The van der Waals surface area contributed by atoms with Gasteiger partial charge >= 0.3 is 6.61 Å². The van der Waals surface area contributed by atoms with Gasteiger partial charge in [-0.05, 0) is 66.4 Å². The Labute approximate surface area is 218 Å². The van der Waals surface area contributed by atoms with Crippen molar-refractivity contribution in [3.05, 3.63) is 72.0 Å². The number of nitrogens with zero attached hydrogens (tertiary/aromatic N) is 1. The van der Waals surface area contributed by atoms with E-state index in [0.29, 0.717) is 25.2 Å². The summed E-state index contributed by atoms with van der Waals surface area (Å²) < 4.78 is 84.5. The summed E-state index contributed by atoms with van der Waals surface area (Å²) in [5, 5.41) is 9.90. The molecule has 0 saturated carbocycles. The second kappa shape index (κ2) is 10.1. The largest absolute Gasteiger partial charge is 0.486 e. The molecular formula is C27H26F3NO6S. The first-order chi connectivity index (χ1) is 18.1. The number of fused-ring (bicyclic) bond motifs is 1. The number of benzene rings is 3. The maximum absolute atomic E-state index is 14.2. The number of hydrogen-bond acceptors (Lipinski definition) is 6. The first kappa shape index (κ1) is 26.3. The number of anilines is 1. The summed E-state index contributed by atoms with van der Waals surface area (Å²) in [6.45, 7) is -0.789. The lowest BCUT2D eigenvalue weighted by Gasteiger charge is -2.44. The summed E-state index contributed by atoms with van der Waals surface area (Å²) in [5.74, 6) is -0.853. The molecule has 2 aliphatic rings. The Morgan fingerprint density at radius 3 is 2.55 bits per heavy atom. The Morgan fingerprint density at radius 1 is 1.11 bits per heavy atom. The van der Waals surface area contributed by atoms with Gasteiger partial charge in [-0.15, -0.1) is 0 Å². The Bertz CT molecular complexity index is 1440. The topological polar surface area (TPSA) is 85.3 Å². The molecule has 1 N–H and O–H groups in total. The molecule has 202 valence electrons. The van der Waals surface area contributed by atoms with Gasteiger partial charge in [0.2, 0.25) is 0 Å². The number of halogens is 3. The lowest BCUT2D eigenvalue weighted by Crippen LogP contribution is -2.52. The molecule has 0 amide bonds. The van der Waals surface area contributed by atoms with Crippen LogP contribution in [0, 0.1) is 18.2 Å². The van der Waals surface area contributed by atoms with Crippen molar-refractivity contribution in [2.24, 2.45) is 5.41 Å². The molecule has 1 saturated heterocycles. The van der Waals surface area contributed by atoms with E-state index < -0.39 is 34.0 Å². The van der Waals surface area contributed by atoms with Gasteiger partial charge in [0.25, 0.3) is 10.0 Å². The number of hydrogen-bond donors (Lipinski definition) is 1. The molecule has 1 fully saturated rings. The van der Waals surface area contributed by atoms with Gasteiger partial charge in [-0.2, -0.15) is 8.78 Å². The number of aryl methyl sites for hydroxylation is 1. The van der Waals surface area contributed by atoms with Crippen LogP contribution in [0.3, 0.4) is 0 Å². The summed E-state index contributed by atoms with van der Waals surface area (Å²) in [4.78, 5) is 0.0942. The summed E-state index contributed by atoms with van der Waals surface area (Å²) in [6.07, 6.45) is -0.188. The van der Waals surface area contributed by atoms with Crippen LogP contribution in [0.25, 0.3) is 11.1 Å². The van der Waals surface area contributed by atoms with Gasteiger partial charge in [0.15, 0.2) is 0 Å². The van der Waals surface area contributed by atoms with Crippen molar-refractivity contribution in [1.82, 2.24) is 0 Å². The molecule has 2 aliphatic heterocycles. The fourth-order valence-corrected chi connectivity index (χ4v) is 6.38. The molecule has 0 bridgehead atoms. The van der Waals surface area contributed by atoms with E-state index >= 15 is 0 Å². The molecular weight excluding hydrogens is 523 g/mol. The summed E-state index contributed by atoms with van der Waals surface area (Å²) >= 11 is 0. The highest BCUT2D eigenvalue weighted by molar-refractivity contribution is 7.92. The van der Waals surface area contributed by atoms with Crippen molar-refractivity contribution in [3.63, 3.8) is 0 Å². The second-order valence-electron chi connectivity index (χ2n) is 9.68. The van der Waals surface area contributed by atoms with Crippen LogP contribution in [0.4, 0.5) is 18.9 Å². The molecule has 0 aliphatic carbocycles. The third-order valence-corrected chi connectivity index (χ3v) is 8.49. The Balaban J connectivity index is 1.57. The predicted molar refractivity (Wildman–Crippen MR) is 134 cm³/mol. The van der Waals surface area contributed by atoms with Crippen LogP contribution < -0.4 is 13.8 Å². The Kier molecular flexibility index (Phi) is 7.01. The number of sulfonamides is 1. The predicted octanol–water partition coefficient (Wildman–Crippen LogP) is 4.76. The van der Waals surface area contributed by atoms with Crippen LogP contribution in [0.15, 0.2) is 65.6 Å². The zero-order valence-electron chi connectivity index (χ0n) is 20.4. The number of aliphatic hydroxyl groups is 1. The van der Waals surface area contributed by atoms with Gasteiger partial charge in [0.1, 0.15) is 23.4 Å². The zero-order chi connectivity index (χ0) is 27.1. The molecule has 0 unspecified atom stereocenters. The van der Waals surface area contributed by atoms with Crippen molar-refractivity contribution >= 4 is 15.7 Å². The summed E-state index contributed by atoms with van der Waals surface area (Å²) in [6, 6.07) is 14.4. The van der Waals surface area contributed by atoms with Crippen LogP contribution in [0.5, 0.6) is 11.5 Å². The highest BCUT2D eigenvalue weighted by Gasteiger charge is 2.44. The minimum atomic E-state index is -4.05. The molecule has 2 heterocycles. The summed E-state index contributed by atoms with van der Waals surface area (Å²) in [7, 11) is -4.05. The standard InChI is InChI=1S/C27H26F3NO6S/c1-17-3-2-4-23(7-17)38(33,34)31-13-22(12-27(14-32)15-35-16-27)36-25-6-5-18(10-24(25)31)19-8-20(28)11-21(9-19)37-26(29)30/h2-11,22,26,32H,12-16H2,1H3/t22-/m0/s1. The maximum atomic E-state index is 14.2. The van der Waals surface area contributed by atoms with Crippen molar-refractivity contribution in [2.75, 3.05) is 30.7 Å². The van der Waals surface area contributed by atoms with E-state index in [9.17, 15) is 26.7 Å². The first-order valence-corrected chi connectivity index (χ1v) is 13.4. The fraction of sp³-hybridized carbons (Fsp3) is 0.333. The first-order valence-electron chi connectivity index (χ1n) is 11.9. The molecule has 38 heavy (non-hydrogen) atoms. The van der Waals surface area contributed by atoms with Gasteiger partial charge in [0.05, 0.1) is 36.9 Å². The van der Waals surface area contributed by atoms with E-state index in [1.54, 1.807) is 37.3 Å². The minimum Gasteiger partial charge on any atom is -0.486 e.